The molecule has 7 nitrogen and oxygen atoms in total. The molecule has 0 amide bonds. The van der Waals surface area contributed by atoms with E-state index in [1.165, 1.54) is 10.5 Å². The summed E-state index contributed by atoms with van der Waals surface area (Å²) in [5.41, 5.74) is 3.39. The molecule has 3 aromatic rings. The van der Waals surface area contributed by atoms with E-state index in [2.05, 4.69) is 33.7 Å². The van der Waals surface area contributed by atoms with Crippen LogP contribution in [0.5, 0.6) is 11.5 Å². The topological polar surface area (TPSA) is 64.2 Å². The molecule has 1 aromatic heterocycles. The maximum atomic E-state index is 9.55. The van der Waals surface area contributed by atoms with Crippen molar-refractivity contribution in [1.29, 1.82) is 0 Å². The van der Waals surface area contributed by atoms with Gasteiger partial charge in [-0.2, -0.15) is 0 Å². The number of anilines is 1. The van der Waals surface area contributed by atoms with Crippen molar-refractivity contribution in [3.63, 3.8) is 0 Å². The zero-order valence-corrected chi connectivity index (χ0v) is 17.8. The van der Waals surface area contributed by atoms with E-state index in [1.54, 1.807) is 0 Å². The number of hydrogen-bond acceptors (Lipinski definition) is 5. The number of imidazole rings is 1. The first-order valence-electron chi connectivity index (χ1n) is 10.8. The molecule has 0 aliphatic carbocycles. The Hall–Kier alpha value is -2.77. The maximum absolute atomic E-state index is 9.55. The van der Waals surface area contributed by atoms with Gasteiger partial charge in [0.05, 0.1) is 37.4 Å². The molecule has 2 N–H and O–H groups in total. The lowest BCUT2D eigenvalue weighted by Crippen LogP contribution is -3.14. The van der Waals surface area contributed by atoms with Gasteiger partial charge in [0.2, 0.25) is 5.95 Å². The number of aliphatic hydroxyl groups is 1. The molecule has 0 bridgehead atoms. The van der Waals surface area contributed by atoms with Crippen LogP contribution < -0.4 is 19.3 Å². The van der Waals surface area contributed by atoms with E-state index in [1.807, 2.05) is 32.0 Å². The van der Waals surface area contributed by atoms with Crippen LogP contribution in [-0.2, 0) is 13.1 Å². The fraction of sp³-hybridized carbons (Fsp3) is 0.435. The molecule has 160 valence electrons. The molecule has 1 aliphatic rings. The van der Waals surface area contributed by atoms with Gasteiger partial charge < -0.3 is 19.5 Å². The average Bonchev–Trinajstić information content (AvgIpc) is 3.13. The maximum Gasteiger partial charge on any atom is 0.215 e. The van der Waals surface area contributed by atoms with Crippen LogP contribution in [0.4, 0.5) is 5.95 Å². The van der Waals surface area contributed by atoms with Crippen LogP contribution in [-0.4, -0.2) is 54.2 Å². The zero-order valence-electron chi connectivity index (χ0n) is 17.8. The normalized spacial score (nSPS) is 16.0. The van der Waals surface area contributed by atoms with Gasteiger partial charge in [-0.3, -0.25) is 9.47 Å². The molecule has 1 unspecified atom stereocenters. The summed E-state index contributed by atoms with van der Waals surface area (Å²) in [7, 11) is 0. The van der Waals surface area contributed by atoms with E-state index in [4.69, 9.17) is 14.5 Å². The predicted octanol–water partition coefficient (Wildman–Crippen LogP) is 1.69. The number of β-amino-alcohol motifs (C(OH)–C–C–N with tert-alkyl or cyclic N) is 1. The third kappa shape index (κ3) is 4.22. The van der Waals surface area contributed by atoms with Gasteiger partial charge in [0, 0.05) is 13.0 Å². The van der Waals surface area contributed by atoms with Gasteiger partial charge in [0.25, 0.3) is 0 Å². The van der Waals surface area contributed by atoms with Gasteiger partial charge in [-0.05, 0) is 43.7 Å². The number of aliphatic hydroxyl groups excluding tert-OH is 1. The molecule has 0 saturated heterocycles. The van der Waals surface area contributed by atoms with Crippen molar-refractivity contribution in [2.24, 2.45) is 0 Å². The number of ether oxygens (including phenoxy) is 2. The highest BCUT2D eigenvalue weighted by Gasteiger charge is 2.28. The van der Waals surface area contributed by atoms with Crippen molar-refractivity contribution in [2.75, 3.05) is 44.5 Å². The largest absolute Gasteiger partial charge is 0.490 e. The van der Waals surface area contributed by atoms with Crippen LogP contribution in [0.2, 0.25) is 0 Å². The number of hydrogen-bond donors (Lipinski definition) is 2. The highest BCUT2D eigenvalue weighted by molar-refractivity contribution is 5.78. The molecule has 0 fully saturated rings. The molecule has 7 heteroatoms. The minimum atomic E-state index is 0.118. The summed E-state index contributed by atoms with van der Waals surface area (Å²) in [6, 6.07) is 14.5. The summed E-state index contributed by atoms with van der Waals surface area (Å²) in [5.74, 6) is 2.57. The van der Waals surface area contributed by atoms with E-state index >= 15 is 0 Å². The van der Waals surface area contributed by atoms with Crippen LogP contribution in [0.15, 0.2) is 42.5 Å². The first kappa shape index (κ1) is 20.5. The molecule has 4 rings (SSSR count). The second-order valence-electron chi connectivity index (χ2n) is 7.53. The van der Waals surface area contributed by atoms with Crippen molar-refractivity contribution in [3.8, 4) is 11.5 Å². The van der Waals surface area contributed by atoms with E-state index in [-0.39, 0.29) is 6.61 Å². The summed E-state index contributed by atoms with van der Waals surface area (Å²) in [6.07, 6.45) is 0.941. The third-order valence-corrected chi connectivity index (χ3v) is 5.46. The second kappa shape index (κ2) is 9.36. The Kier molecular flexibility index (Phi) is 6.40. The first-order valence-corrected chi connectivity index (χ1v) is 10.8. The molecule has 0 spiro atoms. The Labute approximate surface area is 177 Å². The minimum Gasteiger partial charge on any atom is -0.490 e. The van der Waals surface area contributed by atoms with E-state index in [0.29, 0.717) is 19.8 Å². The summed E-state index contributed by atoms with van der Waals surface area (Å²) in [4.78, 5) is 8.42. The number of nitrogens with zero attached hydrogens (tertiary/aromatic N) is 3. The Morgan fingerprint density at radius 2 is 1.83 bits per heavy atom. The van der Waals surface area contributed by atoms with E-state index < -0.39 is 0 Å². The molecule has 2 aromatic carbocycles. The second-order valence-corrected chi connectivity index (χ2v) is 7.53. The minimum absolute atomic E-state index is 0.118. The molecule has 2 heterocycles. The number of fused-ring (bicyclic) bond motifs is 3. The van der Waals surface area contributed by atoms with Crippen LogP contribution in [0, 0.1) is 0 Å². The van der Waals surface area contributed by atoms with Gasteiger partial charge in [-0.1, -0.05) is 18.2 Å². The zero-order chi connectivity index (χ0) is 20.9. The predicted molar refractivity (Wildman–Crippen MR) is 117 cm³/mol. The molecule has 0 saturated carbocycles. The summed E-state index contributed by atoms with van der Waals surface area (Å²) >= 11 is 0. The molecule has 1 aliphatic heterocycles. The number of nitrogens with one attached hydrogen (secondary N) is 1. The first-order chi connectivity index (χ1) is 14.7. The van der Waals surface area contributed by atoms with Crippen LogP contribution in [0.1, 0.15) is 19.4 Å². The summed E-state index contributed by atoms with van der Waals surface area (Å²) in [5, 5.41) is 9.55. The molecule has 30 heavy (non-hydrogen) atoms. The van der Waals surface area contributed by atoms with Crippen molar-refractivity contribution < 1.29 is 19.5 Å². The Balaban J connectivity index is 1.51. The van der Waals surface area contributed by atoms with Crippen molar-refractivity contribution in [1.82, 2.24) is 9.55 Å². The van der Waals surface area contributed by atoms with Gasteiger partial charge in [0.1, 0.15) is 0 Å². The van der Waals surface area contributed by atoms with Crippen LogP contribution in [0.3, 0.4) is 0 Å². The van der Waals surface area contributed by atoms with Gasteiger partial charge in [-0.25, -0.2) is 4.98 Å². The van der Waals surface area contributed by atoms with Crippen molar-refractivity contribution >= 4 is 17.0 Å². The average molecular weight is 412 g/mol. The van der Waals surface area contributed by atoms with Crippen molar-refractivity contribution in [2.45, 2.75) is 26.9 Å². The smallest absolute Gasteiger partial charge is 0.215 e. The van der Waals surface area contributed by atoms with Crippen molar-refractivity contribution in [3.05, 3.63) is 48.0 Å². The Morgan fingerprint density at radius 3 is 2.63 bits per heavy atom. The number of quaternary nitrogens is 1. The third-order valence-electron chi connectivity index (χ3n) is 5.46. The lowest BCUT2D eigenvalue weighted by atomic mass is 10.1. The van der Waals surface area contributed by atoms with E-state index in [0.717, 1.165) is 54.8 Å². The molecular weight excluding hydrogens is 380 g/mol. The Morgan fingerprint density at radius 1 is 1.03 bits per heavy atom. The molecule has 1 atom stereocenters. The summed E-state index contributed by atoms with van der Waals surface area (Å²) < 4.78 is 13.7. The lowest BCUT2D eigenvalue weighted by Gasteiger charge is -2.34. The standard InChI is InChI=1S/C23H30N4O3/c1-3-29-21-10-9-18(15-22(21)30-4-2)11-12-25-16-26(13-14-28)23-24-19-7-5-6-8-20(19)27(23)17-25/h5-10,15,28H,3-4,11-14,16-17H2,1-2H3/p+1. The highest BCUT2D eigenvalue weighted by atomic mass is 16.5. The highest BCUT2D eigenvalue weighted by Crippen LogP contribution is 2.28. The van der Waals surface area contributed by atoms with Crippen LogP contribution in [0.25, 0.3) is 11.0 Å². The lowest BCUT2D eigenvalue weighted by molar-refractivity contribution is -0.924. The fourth-order valence-corrected chi connectivity index (χ4v) is 4.10. The van der Waals surface area contributed by atoms with Gasteiger partial charge in [-0.15, -0.1) is 0 Å². The monoisotopic (exact) mass is 411 g/mol. The van der Waals surface area contributed by atoms with Gasteiger partial charge in [0.15, 0.2) is 24.8 Å². The number of aromatic nitrogens is 2. The quantitative estimate of drug-likeness (QED) is 0.561. The molecular formula is C23H31N4O3+. The number of para-hydroxylation sites is 2. The van der Waals surface area contributed by atoms with E-state index in [9.17, 15) is 5.11 Å². The summed E-state index contributed by atoms with van der Waals surface area (Å²) in [6.45, 7) is 8.60. The number of benzene rings is 2. The Bertz CT molecular complexity index is 988. The fourth-order valence-electron chi connectivity index (χ4n) is 4.10. The molecule has 0 radical (unpaired) electrons. The number of rotatable bonds is 9. The van der Waals surface area contributed by atoms with Gasteiger partial charge >= 0.3 is 0 Å². The SMILES string of the molecule is CCOc1ccc(CC[NH+]2CN(CCO)c3nc4ccccc4n3C2)cc1OCC. The van der Waals surface area contributed by atoms with Crippen LogP contribution >= 0.6 is 0 Å².